The highest BCUT2D eigenvalue weighted by Crippen LogP contribution is 2.36. The van der Waals surface area contributed by atoms with Crippen LogP contribution in [-0.4, -0.2) is 16.7 Å². The lowest BCUT2D eigenvalue weighted by Gasteiger charge is -2.12. The fourth-order valence-electron chi connectivity index (χ4n) is 4.63. The first-order chi connectivity index (χ1) is 16.6. The zero-order valence-corrected chi connectivity index (χ0v) is 19.3. The van der Waals surface area contributed by atoms with Gasteiger partial charge in [-0.2, -0.15) is 0 Å². The minimum absolute atomic E-state index is 0.592. The molecule has 0 saturated carbocycles. The van der Waals surface area contributed by atoms with Crippen LogP contribution in [-0.2, 0) is 6.54 Å². The maximum atomic E-state index is 6.41. The summed E-state index contributed by atoms with van der Waals surface area (Å²) in [6.45, 7) is 5.01. The number of furan rings is 1. The molecule has 34 heavy (non-hydrogen) atoms. The molecule has 5 heteroatoms. The third-order valence-corrected chi connectivity index (χ3v) is 6.57. The molecular formula is C29H24N2O3. The van der Waals surface area contributed by atoms with Crippen LogP contribution in [0.25, 0.3) is 32.8 Å². The second kappa shape index (κ2) is 7.96. The van der Waals surface area contributed by atoms with Gasteiger partial charge in [0.05, 0.1) is 7.11 Å². The molecule has 0 saturated heterocycles. The second-order valence-electron chi connectivity index (χ2n) is 8.52. The summed E-state index contributed by atoms with van der Waals surface area (Å²) in [5.41, 5.74) is 6.31. The molecule has 0 aliphatic rings. The van der Waals surface area contributed by atoms with Gasteiger partial charge in [-0.15, -0.1) is 0 Å². The number of nitrogens with zero attached hydrogens (tertiary/aromatic N) is 2. The maximum absolute atomic E-state index is 6.41. The zero-order valence-electron chi connectivity index (χ0n) is 19.3. The summed E-state index contributed by atoms with van der Waals surface area (Å²) in [5, 5.41) is 3.25. The molecule has 0 N–H and O–H groups in total. The summed E-state index contributed by atoms with van der Waals surface area (Å²) in [4.78, 5) is 4.63. The topological polar surface area (TPSA) is 49.4 Å². The number of rotatable bonds is 5. The number of aryl methyl sites for hydroxylation is 1. The van der Waals surface area contributed by atoms with Gasteiger partial charge in [-0.25, -0.2) is 4.98 Å². The van der Waals surface area contributed by atoms with Crippen LogP contribution in [0.4, 0.5) is 0 Å². The third kappa shape index (κ3) is 3.28. The standard InChI is InChI=1S/C29H24N2O3/c1-18-19(2)31(17-20-8-10-21(32-3)11-9-20)28-23(18)14-15-30-29(28)33-22-12-13-27-25(16-22)24-6-4-5-7-26(24)34-27/h4-16H,17H2,1-3H3. The molecule has 5 nitrogen and oxygen atoms in total. The molecule has 0 amide bonds. The molecule has 0 aliphatic heterocycles. The highest BCUT2D eigenvalue weighted by atomic mass is 16.5. The van der Waals surface area contributed by atoms with Crippen LogP contribution >= 0.6 is 0 Å². The Labute approximate surface area is 197 Å². The molecule has 6 rings (SSSR count). The highest BCUT2D eigenvalue weighted by Gasteiger charge is 2.18. The van der Waals surface area contributed by atoms with Crippen molar-refractivity contribution >= 4 is 32.8 Å². The van der Waals surface area contributed by atoms with Crippen molar-refractivity contribution in [1.82, 2.24) is 9.55 Å². The average Bonchev–Trinajstić information content (AvgIpc) is 3.35. The number of pyridine rings is 1. The van der Waals surface area contributed by atoms with Crippen molar-refractivity contribution in [2.75, 3.05) is 7.11 Å². The first kappa shape index (κ1) is 20.4. The summed E-state index contributed by atoms with van der Waals surface area (Å²) in [6, 6.07) is 24.2. The van der Waals surface area contributed by atoms with Gasteiger partial charge in [0.1, 0.15) is 28.2 Å². The quantitative estimate of drug-likeness (QED) is 0.276. The lowest BCUT2D eigenvalue weighted by atomic mass is 10.1. The van der Waals surface area contributed by atoms with Gasteiger partial charge >= 0.3 is 0 Å². The average molecular weight is 449 g/mol. The number of fused-ring (bicyclic) bond motifs is 4. The summed E-state index contributed by atoms with van der Waals surface area (Å²) in [5.74, 6) is 2.17. The van der Waals surface area contributed by atoms with Gasteiger partial charge in [0.15, 0.2) is 0 Å². The minimum Gasteiger partial charge on any atom is -0.497 e. The predicted octanol–water partition coefficient (Wildman–Crippen LogP) is 7.40. The molecule has 168 valence electrons. The summed E-state index contributed by atoms with van der Waals surface area (Å²) < 4.78 is 20.0. The van der Waals surface area contributed by atoms with Crippen LogP contribution < -0.4 is 9.47 Å². The Kier molecular flexibility index (Phi) is 4.77. The van der Waals surface area contributed by atoms with Crippen molar-refractivity contribution in [3.63, 3.8) is 0 Å². The van der Waals surface area contributed by atoms with E-state index < -0.39 is 0 Å². The van der Waals surface area contributed by atoms with Crippen molar-refractivity contribution < 1.29 is 13.9 Å². The van der Waals surface area contributed by atoms with E-state index in [1.807, 2.05) is 54.7 Å². The number of hydrogen-bond acceptors (Lipinski definition) is 4. The highest BCUT2D eigenvalue weighted by molar-refractivity contribution is 6.05. The molecular weight excluding hydrogens is 424 g/mol. The Morgan fingerprint density at radius 1 is 0.824 bits per heavy atom. The van der Waals surface area contributed by atoms with Gasteiger partial charge in [0.25, 0.3) is 0 Å². The van der Waals surface area contributed by atoms with Crippen LogP contribution in [0.5, 0.6) is 17.4 Å². The summed E-state index contributed by atoms with van der Waals surface area (Å²) in [7, 11) is 1.68. The zero-order chi connectivity index (χ0) is 23.2. The Balaban J connectivity index is 1.44. The van der Waals surface area contributed by atoms with E-state index in [4.69, 9.17) is 13.9 Å². The Hall–Kier alpha value is -4.25. The van der Waals surface area contributed by atoms with E-state index in [1.165, 1.54) is 16.8 Å². The van der Waals surface area contributed by atoms with Gasteiger partial charge in [0, 0.05) is 34.6 Å². The van der Waals surface area contributed by atoms with Crippen molar-refractivity contribution in [2.45, 2.75) is 20.4 Å². The van der Waals surface area contributed by atoms with E-state index in [0.717, 1.165) is 44.3 Å². The van der Waals surface area contributed by atoms with E-state index in [0.29, 0.717) is 12.4 Å². The maximum Gasteiger partial charge on any atom is 0.244 e. The number of ether oxygens (including phenoxy) is 2. The molecule has 3 aromatic carbocycles. The van der Waals surface area contributed by atoms with Gasteiger partial charge in [0.2, 0.25) is 5.88 Å². The number of aromatic nitrogens is 2. The first-order valence-electron chi connectivity index (χ1n) is 11.3. The van der Waals surface area contributed by atoms with Crippen molar-refractivity contribution in [3.05, 3.63) is 95.8 Å². The number of benzene rings is 3. The van der Waals surface area contributed by atoms with Crippen LogP contribution in [0, 0.1) is 13.8 Å². The molecule has 0 unspecified atom stereocenters. The molecule has 0 fully saturated rings. The normalized spacial score (nSPS) is 11.5. The predicted molar refractivity (Wildman–Crippen MR) is 135 cm³/mol. The van der Waals surface area contributed by atoms with Crippen molar-refractivity contribution in [1.29, 1.82) is 0 Å². The number of para-hydroxylation sites is 1. The molecule has 3 heterocycles. The molecule has 6 aromatic rings. The van der Waals surface area contributed by atoms with Gasteiger partial charge < -0.3 is 18.5 Å². The summed E-state index contributed by atoms with van der Waals surface area (Å²) in [6.07, 6.45) is 1.81. The van der Waals surface area contributed by atoms with E-state index in [-0.39, 0.29) is 0 Å². The van der Waals surface area contributed by atoms with Crippen molar-refractivity contribution in [2.24, 2.45) is 0 Å². The lowest BCUT2D eigenvalue weighted by Crippen LogP contribution is -2.03. The molecule has 0 atom stereocenters. The monoisotopic (exact) mass is 448 g/mol. The smallest absolute Gasteiger partial charge is 0.244 e. The summed E-state index contributed by atoms with van der Waals surface area (Å²) >= 11 is 0. The van der Waals surface area contributed by atoms with E-state index in [2.05, 4.69) is 47.7 Å². The number of hydrogen-bond donors (Lipinski definition) is 0. The molecule has 0 radical (unpaired) electrons. The fourth-order valence-corrected chi connectivity index (χ4v) is 4.63. The van der Waals surface area contributed by atoms with Crippen LogP contribution in [0.2, 0.25) is 0 Å². The second-order valence-corrected chi connectivity index (χ2v) is 8.52. The van der Waals surface area contributed by atoms with Gasteiger partial charge in [-0.3, -0.25) is 0 Å². The fraction of sp³-hybridized carbons (Fsp3) is 0.138. The lowest BCUT2D eigenvalue weighted by molar-refractivity contribution is 0.414. The molecule has 0 spiro atoms. The minimum atomic E-state index is 0.592. The van der Waals surface area contributed by atoms with E-state index in [9.17, 15) is 0 Å². The largest absolute Gasteiger partial charge is 0.497 e. The molecule has 0 aliphatic carbocycles. The van der Waals surface area contributed by atoms with E-state index >= 15 is 0 Å². The van der Waals surface area contributed by atoms with Crippen LogP contribution in [0.15, 0.2) is 83.4 Å². The third-order valence-electron chi connectivity index (χ3n) is 6.57. The van der Waals surface area contributed by atoms with E-state index in [1.54, 1.807) is 7.11 Å². The SMILES string of the molecule is COc1ccc(Cn2c(C)c(C)c3ccnc(Oc4ccc5oc6ccccc6c5c4)c32)cc1. The van der Waals surface area contributed by atoms with Crippen molar-refractivity contribution in [3.8, 4) is 17.4 Å². The molecule has 0 bridgehead atoms. The Bertz CT molecular complexity index is 1660. The van der Waals surface area contributed by atoms with Gasteiger partial charge in [-0.05, 0) is 67.4 Å². The molecule has 3 aromatic heterocycles. The van der Waals surface area contributed by atoms with Crippen LogP contribution in [0.3, 0.4) is 0 Å². The first-order valence-corrected chi connectivity index (χ1v) is 11.3. The van der Waals surface area contributed by atoms with Gasteiger partial charge in [-0.1, -0.05) is 30.3 Å². The van der Waals surface area contributed by atoms with Crippen LogP contribution in [0.1, 0.15) is 16.8 Å². The Morgan fingerprint density at radius 2 is 1.59 bits per heavy atom. The Morgan fingerprint density at radius 3 is 2.41 bits per heavy atom. The number of methoxy groups -OCH3 is 1.